The number of alkyl halides is 2. The molecule has 5 atom stereocenters. The van der Waals surface area contributed by atoms with Crippen molar-refractivity contribution >= 4 is 23.2 Å². The third kappa shape index (κ3) is 3.11. The Kier molecular flexibility index (Phi) is 4.70. The van der Waals surface area contributed by atoms with Crippen LogP contribution >= 0.6 is 23.2 Å². The average molecular weight is 307 g/mol. The Morgan fingerprint density at radius 2 is 2.05 bits per heavy atom. The molecule has 0 N–H and O–H groups in total. The molecule has 0 aromatic carbocycles. The molecule has 1 saturated heterocycles. The Hall–Kier alpha value is 0.200. The molecule has 108 valence electrons. The summed E-state index contributed by atoms with van der Waals surface area (Å²) < 4.78 is 17.4. The third-order valence-electron chi connectivity index (χ3n) is 4.31. The SMILES string of the molecule is ClCC(CCl)OC[C@H]1CO[C@@H]([C@@H]2C[C@H]3C=C[C@@H]2C3)O1. The lowest BCUT2D eigenvalue weighted by Crippen LogP contribution is -2.28. The lowest BCUT2D eigenvalue weighted by molar-refractivity contribution is -0.113. The molecule has 2 bridgehead atoms. The van der Waals surface area contributed by atoms with Gasteiger partial charge in [-0.2, -0.15) is 0 Å². The molecule has 1 saturated carbocycles. The van der Waals surface area contributed by atoms with E-state index in [0.717, 1.165) is 5.92 Å². The van der Waals surface area contributed by atoms with E-state index in [4.69, 9.17) is 37.4 Å². The minimum atomic E-state index is -0.101. The zero-order chi connectivity index (χ0) is 13.2. The second-order valence-electron chi connectivity index (χ2n) is 5.67. The summed E-state index contributed by atoms with van der Waals surface area (Å²) in [7, 11) is 0. The van der Waals surface area contributed by atoms with Crippen molar-refractivity contribution in [2.75, 3.05) is 25.0 Å². The molecule has 0 aromatic rings. The second kappa shape index (κ2) is 6.31. The molecule has 19 heavy (non-hydrogen) atoms. The summed E-state index contributed by atoms with van der Waals surface area (Å²) in [6.45, 7) is 1.12. The Balaban J connectivity index is 1.44. The lowest BCUT2D eigenvalue weighted by Gasteiger charge is -2.24. The van der Waals surface area contributed by atoms with Crippen LogP contribution in [0.4, 0.5) is 0 Å². The van der Waals surface area contributed by atoms with Crippen molar-refractivity contribution in [1.82, 2.24) is 0 Å². The first kappa shape index (κ1) is 14.2. The normalized spacial score (nSPS) is 40.7. The minimum absolute atomic E-state index is 0.0158. The molecule has 0 amide bonds. The first-order chi connectivity index (χ1) is 9.30. The van der Waals surface area contributed by atoms with Crippen molar-refractivity contribution in [3.05, 3.63) is 12.2 Å². The van der Waals surface area contributed by atoms with E-state index in [2.05, 4.69) is 12.2 Å². The number of halogens is 2. The van der Waals surface area contributed by atoms with Crippen LogP contribution in [-0.4, -0.2) is 43.5 Å². The Morgan fingerprint density at radius 1 is 1.21 bits per heavy atom. The van der Waals surface area contributed by atoms with Crippen LogP contribution in [0.1, 0.15) is 12.8 Å². The number of hydrogen-bond acceptors (Lipinski definition) is 3. The third-order valence-corrected chi connectivity index (χ3v) is 5.00. The van der Waals surface area contributed by atoms with Gasteiger partial charge in [-0.25, -0.2) is 0 Å². The van der Waals surface area contributed by atoms with Gasteiger partial charge in [0.05, 0.1) is 19.3 Å². The maximum atomic E-state index is 5.97. The molecule has 3 nitrogen and oxygen atoms in total. The van der Waals surface area contributed by atoms with Crippen molar-refractivity contribution in [1.29, 1.82) is 0 Å². The molecular formula is C14H20Cl2O3. The van der Waals surface area contributed by atoms with Crippen molar-refractivity contribution < 1.29 is 14.2 Å². The van der Waals surface area contributed by atoms with E-state index in [1.165, 1.54) is 12.8 Å². The molecule has 2 fully saturated rings. The number of hydrogen-bond donors (Lipinski definition) is 0. The van der Waals surface area contributed by atoms with Crippen LogP contribution in [0, 0.1) is 17.8 Å². The Morgan fingerprint density at radius 3 is 2.68 bits per heavy atom. The Labute approximate surface area is 124 Å². The summed E-state index contributed by atoms with van der Waals surface area (Å²) in [5.74, 6) is 2.74. The first-order valence-electron chi connectivity index (χ1n) is 6.99. The second-order valence-corrected chi connectivity index (χ2v) is 6.29. The fourth-order valence-electron chi connectivity index (χ4n) is 3.29. The van der Waals surface area contributed by atoms with Crippen LogP contribution in [0.25, 0.3) is 0 Å². The summed E-state index contributed by atoms with van der Waals surface area (Å²) in [4.78, 5) is 0. The van der Waals surface area contributed by atoms with E-state index < -0.39 is 0 Å². The van der Waals surface area contributed by atoms with Crippen molar-refractivity contribution in [2.24, 2.45) is 17.8 Å². The van der Waals surface area contributed by atoms with Gasteiger partial charge in [-0.1, -0.05) is 12.2 Å². The van der Waals surface area contributed by atoms with Gasteiger partial charge in [-0.3, -0.25) is 0 Å². The van der Waals surface area contributed by atoms with Gasteiger partial charge in [-0.15, -0.1) is 23.2 Å². The zero-order valence-electron chi connectivity index (χ0n) is 10.8. The number of fused-ring (bicyclic) bond motifs is 2. The molecule has 3 aliphatic rings. The molecule has 1 heterocycles. The lowest BCUT2D eigenvalue weighted by atomic mass is 9.93. The predicted molar refractivity (Wildman–Crippen MR) is 74.6 cm³/mol. The summed E-state index contributed by atoms with van der Waals surface area (Å²) >= 11 is 11.5. The van der Waals surface area contributed by atoms with Crippen molar-refractivity contribution in [3.63, 3.8) is 0 Å². The molecule has 0 unspecified atom stereocenters. The fourth-order valence-corrected chi connectivity index (χ4v) is 3.80. The maximum absolute atomic E-state index is 5.97. The van der Waals surface area contributed by atoms with Crippen LogP contribution in [0.15, 0.2) is 12.2 Å². The van der Waals surface area contributed by atoms with Crippen LogP contribution < -0.4 is 0 Å². The number of rotatable bonds is 6. The summed E-state index contributed by atoms with van der Waals surface area (Å²) in [5, 5.41) is 0. The number of ether oxygens (including phenoxy) is 3. The Bertz CT molecular complexity index is 333. The van der Waals surface area contributed by atoms with Gasteiger partial charge in [0, 0.05) is 17.7 Å². The van der Waals surface area contributed by atoms with Gasteiger partial charge < -0.3 is 14.2 Å². The molecular weight excluding hydrogens is 287 g/mol. The summed E-state index contributed by atoms with van der Waals surface area (Å²) in [6, 6.07) is 0. The van der Waals surface area contributed by atoms with Gasteiger partial charge in [0.2, 0.25) is 0 Å². The fraction of sp³-hybridized carbons (Fsp3) is 0.857. The standard InChI is InChI=1S/C14H20Cl2O3/c15-5-11(6-16)17-7-12-8-18-14(19-12)13-4-9-1-2-10(13)3-9/h1-2,9-14H,3-8H2/t9-,10+,12-,13+,14+/m0/s1. The van der Waals surface area contributed by atoms with Crippen molar-refractivity contribution in [3.8, 4) is 0 Å². The highest BCUT2D eigenvalue weighted by molar-refractivity contribution is 6.21. The quantitative estimate of drug-likeness (QED) is 0.558. The summed E-state index contributed by atoms with van der Waals surface area (Å²) in [6.07, 6.45) is 6.99. The highest BCUT2D eigenvalue weighted by Gasteiger charge is 2.44. The minimum Gasteiger partial charge on any atom is -0.373 e. The maximum Gasteiger partial charge on any atom is 0.161 e. The molecule has 0 aromatic heterocycles. The van der Waals surface area contributed by atoms with E-state index in [1.54, 1.807) is 0 Å². The predicted octanol–water partition coefficient (Wildman–Crippen LogP) is 2.80. The highest BCUT2D eigenvalue weighted by atomic mass is 35.5. The smallest absolute Gasteiger partial charge is 0.161 e. The highest BCUT2D eigenvalue weighted by Crippen LogP contribution is 2.46. The van der Waals surface area contributed by atoms with Gasteiger partial charge in [-0.05, 0) is 24.7 Å². The molecule has 2 aliphatic carbocycles. The summed E-state index contributed by atoms with van der Waals surface area (Å²) in [5.41, 5.74) is 0. The van der Waals surface area contributed by atoms with Crippen molar-refractivity contribution in [2.45, 2.75) is 31.3 Å². The molecule has 0 spiro atoms. The zero-order valence-corrected chi connectivity index (χ0v) is 12.4. The number of allylic oxidation sites excluding steroid dienone is 2. The molecule has 3 rings (SSSR count). The largest absolute Gasteiger partial charge is 0.373 e. The van der Waals surface area contributed by atoms with E-state index in [0.29, 0.717) is 36.8 Å². The molecule has 5 heteroatoms. The molecule has 1 aliphatic heterocycles. The van der Waals surface area contributed by atoms with Gasteiger partial charge in [0.1, 0.15) is 6.10 Å². The van der Waals surface area contributed by atoms with E-state index in [9.17, 15) is 0 Å². The van der Waals surface area contributed by atoms with E-state index in [1.807, 2.05) is 0 Å². The van der Waals surface area contributed by atoms with E-state index in [-0.39, 0.29) is 18.5 Å². The molecule has 0 radical (unpaired) electrons. The van der Waals surface area contributed by atoms with Crippen LogP contribution in [-0.2, 0) is 14.2 Å². The van der Waals surface area contributed by atoms with Gasteiger partial charge >= 0.3 is 0 Å². The first-order valence-corrected chi connectivity index (χ1v) is 8.06. The van der Waals surface area contributed by atoms with Crippen LogP contribution in [0.5, 0.6) is 0 Å². The van der Waals surface area contributed by atoms with Gasteiger partial charge in [0.25, 0.3) is 0 Å². The van der Waals surface area contributed by atoms with Crippen LogP contribution in [0.2, 0.25) is 0 Å². The van der Waals surface area contributed by atoms with Crippen LogP contribution in [0.3, 0.4) is 0 Å². The van der Waals surface area contributed by atoms with E-state index >= 15 is 0 Å². The topological polar surface area (TPSA) is 27.7 Å². The average Bonchev–Trinajstić information content (AvgIpc) is 3.15. The van der Waals surface area contributed by atoms with Gasteiger partial charge in [0.15, 0.2) is 6.29 Å². The monoisotopic (exact) mass is 306 g/mol.